The normalized spacial score (nSPS) is 13.6. The van der Waals surface area contributed by atoms with Crippen molar-refractivity contribution in [1.29, 1.82) is 0 Å². The third-order valence-electron chi connectivity index (χ3n) is 4.19. The molecule has 152 valence electrons. The van der Waals surface area contributed by atoms with Crippen molar-refractivity contribution in [2.75, 3.05) is 0 Å². The van der Waals surface area contributed by atoms with E-state index in [1.807, 2.05) is 51.1 Å². The molecule has 28 heavy (non-hydrogen) atoms. The van der Waals surface area contributed by atoms with Crippen LogP contribution < -0.4 is 10.6 Å². The predicted molar refractivity (Wildman–Crippen MR) is 123 cm³/mol. The smallest absolute Gasteiger partial charge is 0.404 e. The van der Waals surface area contributed by atoms with Crippen LogP contribution in [0.25, 0.3) is 0 Å². The van der Waals surface area contributed by atoms with E-state index < -0.39 is 23.6 Å². The van der Waals surface area contributed by atoms with Gasteiger partial charge in [0.2, 0.25) is 0 Å². The van der Waals surface area contributed by atoms with Crippen molar-refractivity contribution in [3.05, 3.63) is 53.5 Å². The molecule has 2 unspecified atom stereocenters. The molecule has 0 bridgehead atoms. The zero-order valence-electron chi connectivity index (χ0n) is 15.6. The largest absolute Gasteiger partial charge is 0.465 e. The lowest BCUT2D eigenvalue weighted by atomic mass is 9.80. The highest BCUT2D eigenvalue weighted by Crippen LogP contribution is 2.41. The molecule has 9 heteroatoms. The highest BCUT2D eigenvalue weighted by Gasteiger charge is 2.35. The van der Waals surface area contributed by atoms with Crippen molar-refractivity contribution in [2.24, 2.45) is 5.41 Å². The summed E-state index contributed by atoms with van der Waals surface area (Å²) in [5.74, 6) is -0.259. The lowest BCUT2D eigenvalue weighted by Crippen LogP contribution is -2.58. The lowest BCUT2D eigenvalue weighted by molar-refractivity contribution is 0.0904. The first-order valence-corrected chi connectivity index (χ1v) is 11.7. The Balaban J connectivity index is 2.37. The number of benzene rings is 1. The van der Waals surface area contributed by atoms with Crippen LogP contribution in [0.5, 0.6) is 0 Å². The number of halogens is 3. The molecular weight excluding hydrogens is 576 g/mol. The molecule has 2 amide bonds. The fourth-order valence-corrected chi connectivity index (χ4v) is 5.91. The topological polar surface area (TPSA) is 78.4 Å². The Labute approximate surface area is 193 Å². The Hall–Kier alpha value is -0.900. The molecule has 2 atom stereocenters. The van der Waals surface area contributed by atoms with Crippen molar-refractivity contribution in [3.8, 4) is 0 Å². The molecule has 0 aliphatic carbocycles. The first kappa shape index (κ1) is 23.4. The number of hydrogen-bond donors (Lipinski definition) is 3. The van der Waals surface area contributed by atoms with Crippen molar-refractivity contribution in [3.63, 3.8) is 0 Å². The average Bonchev–Trinajstić information content (AvgIpc) is 2.86. The maximum absolute atomic E-state index is 13.0. The number of nitrogens with one attached hydrogen (secondary N) is 2. The van der Waals surface area contributed by atoms with E-state index in [-0.39, 0.29) is 5.91 Å². The zero-order valence-corrected chi connectivity index (χ0v) is 21.1. The molecular formula is C19H21Br3N2O3S. The maximum Gasteiger partial charge on any atom is 0.404 e. The molecule has 0 aliphatic rings. The summed E-state index contributed by atoms with van der Waals surface area (Å²) in [6.07, 6.45) is -0.616. The third-order valence-corrected chi connectivity index (χ3v) is 9.23. The van der Waals surface area contributed by atoms with Gasteiger partial charge in [0.15, 0.2) is 0 Å². The minimum Gasteiger partial charge on any atom is -0.465 e. The van der Waals surface area contributed by atoms with Gasteiger partial charge in [0, 0.05) is 0 Å². The molecule has 2 aromatic rings. The Bertz CT molecular complexity index is 850. The van der Waals surface area contributed by atoms with Crippen LogP contribution in [0.1, 0.15) is 36.0 Å². The second-order valence-electron chi connectivity index (χ2n) is 7.40. The minimum absolute atomic E-state index is 0.259. The number of hydrogen-bond acceptors (Lipinski definition) is 3. The van der Waals surface area contributed by atoms with Crippen molar-refractivity contribution < 1.29 is 14.7 Å². The molecule has 0 spiro atoms. The van der Waals surface area contributed by atoms with Gasteiger partial charge in [-0.2, -0.15) is 0 Å². The standard InChI is InChI=1S/C19H21Br3N2O3S/c1-19(2,3)15(24-18(26)27)11(9-10-7-5-4-6-8-10)23-17(25)14-12(20)13(21)16(22)28-14/h4-8,11,15,24H,9H2,1-3H3,(H,23,25)(H,26,27). The second-order valence-corrected chi connectivity index (χ2v) is 11.3. The molecule has 0 saturated carbocycles. The van der Waals surface area contributed by atoms with Gasteiger partial charge in [0.1, 0.15) is 4.88 Å². The molecule has 0 radical (unpaired) electrons. The summed E-state index contributed by atoms with van der Waals surface area (Å²) in [7, 11) is 0. The van der Waals surface area contributed by atoms with E-state index in [1.165, 1.54) is 11.3 Å². The van der Waals surface area contributed by atoms with E-state index in [0.29, 0.717) is 15.8 Å². The van der Waals surface area contributed by atoms with Crippen LogP contribution in [0.2, 0.25) is 0 Å². The van der Waals surface area contributed by atoms with E-state index in [9.17, 15) is 14.7 Å². The van der Waals surface area contributed by atoms with E-state index in [4.69, 9.17) is 0 Å². The van der Waals surface area contributed by atoms with Crippen LogP contribution in [-0.2, 0) is 6.42 Å². The van der Waals surface area contributed by atoms with Gasteiger partial charge in [-0.3, -0.25) is 4.79 Å². The van der Waals surface area contributed by atoms with Gasteiger partial charge in [-0.05, 0) is 65.2 Å². The van der Waals surface area contributed by atoms with Gasteiger partial charge in [-0.25, -0.2) is 4.79 Å². The first-order valence-electron chi connectivity index (χ1n) is 8.48. The molecule has 1 aromatic carbocycles. The molecule has 0 aliphatic heterocycles. The zero-order chi connectivity index (χ0) is 21.1. The fraction of sp³-hybridized carbons (Fsp3) is 0.368. The SMILES string of the molecule is CC(C)(C)C(NC(=O)O)C(Cc1ccccc1)NC(=O)c1sc(Br)c(Br)c1Br. The summed E-state index contributed by atoms with van der Waals surface area (Å²) >= 11 is 11.6. The molecule has 2 rings (SSSR count). The number of amides is 2. The van der Waals surface area contributed by atoms with Crippen LogP contribution in [-0.4, -0.2) is 29.2 Å². The van der Waals surface area contributed by atoms with Gasteiger partial charge in [-0.1, -0.05) is 51.1 Å². The summed E-state index contributed by atoms with van der Waals surface area (Å²) < 4.78 is 2.25. The molecule has 3 N–H and O–H groups in total. The summed E-state index contributed by atoms with van der Waals surface area (Å²) in [5.41, 5.74) is 0.612. The van der Waals surface area contributed by atoms with Crippen LogP contribution in [0.3, 0.4) is 0 Å². The monoisotopic (exact) mass is 594 g/mol. The van der Waals surface area contributed by atoms with Crippen molar-refractivity contribution in [2.45, 2.75) is 39.3 Å². The second kappa shape index (κ2) is 9.73. The fourth-order valence-electron chi connectivity index (χ4n) is 2.92. The summed E-state index contributed by atoms with van der Waals surface area (Å²) in [6, 6.07) is 8.79. The van der Waals surface area contributed by atoms with Crippen LogP contribution in [0, 0.1) is 5.41 Å². The number of thiophene rings is 1. The van der Waals surface area contributed by atoms with Gasteiger partial charge in [-0.15, -0.1) is 11.3 Å². The van der Waals surface area contributed by atoms with Crippen LogP contribution in [0.4, 0.5) is 4.79 Å². The number of rotatable bonds is 6. The summed E-state index contributed by atoms with van der Waals surface area (Å²) in [6.45, 7) is 5.85. The van der Waals surface area contributed by atoms with E-state index in [1.54, 1.807) is 0 Å². The predicted octanol–water partition coefficient (Wildman–Crippen LogP) is 6.06. The maximum atomic E-state index is 13.0. The molecule has 0 fully saturated rings. The first-order chi connectivity index (χ1) is 13.0. The third kappa shape index (κ3) is 6.05. The minimum atomic E-state index is -1.12. The molecule has 1 aromatic heterocycles. The number of carboxylic acid groups (broad SMARTS) is 1. The highest BCUT2D eigenvalue weighted by atomic mass is 79.9. The van der Waals surface area contributed by atoms with E-state index in [2.05, 4.69) is 58.4 Å². The summed E-state index contributed by atoms with van der Waals surface area (Å²) in [5, 5.41) is 15.0. The highest BCUT2D eigenvalue weighted by molar-refractivity contribution is 9.14. The Morgan fingerprint density at radius 1 is 1.07 bits per heavy atom. The Morgan fingerprint density at radius 3 is 2.14 bits per heavy atom. The Morgan fingerprint density at radius 2 is 1.68 bits per heavy atom. The summed E-state index contributed by atoms with van der Waals surface area (Å²) in [4.78, 5) is 24.9. The molecule has 0 saturated heterocycles. The van der Waals surface area contributed by atoms with Gasteiger partial charge >= 0.3 is 6.09 Å². The van der Waals surface area contributed by atoms with E-state index >= 15 is 0 Å². The van der Waals surface area contributed by atoms with Crippen molar-refractivity contribution >= 4 is 71.1 Å². The molecule has 1 heterocycles. The van der Waals surface area contributed by atoms with Gasteiger partial charge < -0.3 is 15.7 Å². The average molecular weight is 597 g/mol. The number of carbonyl (C=O) groups is 2. The van der Waals surface area contributed by atoms with Gasteiger partial charge in [0.25, 0.3) is 5.91 Å². The van der Waals surface area contributed by atoms with E-state index in [0.717, 1.165) is 13.8 Å². The quantitative estimate of drug-likeness (QED) is 0.379. The number of carbonyl (C=O) groups excluding carboxylic acids is 1. The lowest BCUT2D eigenvalue weighted by Gasteiger charge is -2.37. The van der Waals surface area contributed by atoms with Gasteiger partial charge in [0.05, 0.1) is 24.8 Å². The Kier molecular flexibility index (Phi) is 8.13. The molecule has 5 nitrogen and oxygen atoms in total. The van der Waals surface area contributed by atoms with Crippen LogP contribution in [0.15, 0.2) is 43.1 Å². The van der Waals surface area contributed by atoms with Crippen molar-refractivity contribution in [1.82, 2.24) is 10.6 Å². The van der Waals surface area contributed by atoms with Crippen LogP contribution >= 0.6 is 59.1 Å².